The van der Waals surface area contributed by atoms with E-state index in [1.807, 2.05) is 6.92 Å². The molecule has 0 bridgehead atoms. The van der Waals surface area contributed by atoms with Crippen molar-refractivity contribution in [3.63, 3.8) is 0 Å². The van der Waals surface area contributed by atoms with Crippen molar-refractivity contribution in [1.82, 2.24) is 10.6 Å². The van der Waals surface area contributed by atoms with Gasteiger partial charge >= 0.3 is 5.97 Å². The van der Waals surface area contributed by atoms with Gasteiger partial charge in [-0.3, -0.25) is 9.59 Å². The van der Waals surface area contributed by atoms with Crippen LogP contribution in [0, 0.1) is 0 Å². The summed E-state index contributed by atoms with van der Waals surface area (Å²) in [6, 6.07) is -0.559. The first kappa shape index (κ1) is 16.9. The largest absolute Gasteiger partial charge is 0.480 e. The molecule has 0 spiro atoms. The minimum Gasteiger partial charge on any atom is -0.480 e. The van der Waals surface area contributed by atoms with Gasteiger partial charge in [0.15, 0.2) is 0 Å². The topological polar surface area (TPSA) is 87.7 Å². The highest BCUT2D eigenvalue weighted by atomic mass is 16.5. The molecule has 0 heterocycles. The van der Waals surface area contributed by atoms with E-state index in [4.69, 9.17) is 9.84 Å². The van der Waals surface area contributed by atoms with Crippen LogP contribution in [0.5, 0.6) is 0 Å². The van der Waals surface area contributed by atoms with Crippen LogP contribution in [0.25, 0.3) is 0 Å². The van der Waals surface area contributed by atoms with Gasteiger partial charge in [0.05, 0.1) is 6.61 Å². The number of carbonyl (C=O) groups is 2. The van der Waals surface area contributed by atoms with E-state index in [2.05, 4.69) is 10.6 Å². The first-order valence-corrected chi connectivity index (χ1v) is 6.33. The summed E-state index contributed by atoms with van der Waals surface area (Å²) in [5, 5.41) is 14.5. The molecule has 1 atom stereocenters. The summed E-state index contributed by atoms with van der Waals surface area (Å²) < 4.78 is 4.80. The number of nitrogens with one attached hydrogen (secondary N) is 2. The van der Waals surface area contributed by atoms with Gasteiger partial charge in [0.1, 0.15) is 6.04 Å². The molecule has 0 aliphatic carbocycles. The summed E-state index contributed by atoms with van der Waals surface area (Å²) in [7, 11) is 1.57. The molecule has 6 heteroatoms. The van der Waals surface area contributed by atoms with Gasteiger partial charge in [-0.05, 0) is 6.42 Å². The van der Waals surface area contributed by atoms with Gasteiger partial charge in [0.2, 0.25) is 5.91 Å². The van der Waals surface area contributed by atoms with Crippen molar-refractivity contribution in [2.75, 3.05) is 26.8 Å². The second-order valence-electron chi connectivity index (χ2n) is 4.08. The molecule has 1 unspecified atom stereocenters. The zero-order valence-corrected chi connectivity index (χ0v) is 11.2. The lowest BCUT2D eigenvalue weighted by atomic mass is 10.1. The Bertz CT molecular complexity index is 246. The van der Waals surface area contributed by atoms with Gasteiger partial charge in [-0.2, -0.15) is 0 Å². The van der Waals surface area contributed by atoms with E-state index in [0.29, 0.717) is 26.1 Å². The van der Waals surface area contributed by atoms with Gasteiger partial charge in [0, 0.05) is 26.6 Å². The van der Waals surface area contributed by atoms with Crippen LogP contribution in [-0.2, 0) is 14.3 Å². The molecule has 0 fully saturated rings. The molecule has 106 valence electrons. The lowest BCUT2D eigenvalue weighted by Crippen LogP contribution is -2.39. The Morgan fingerprint density at radius 2 is 2.06 bits per heavy atom. The highest BCUT2D eigenvalue weighted by Gasteiger charge is 2.15. The molecular formula is C12H24N2O4. The maximum absolute atomic E-state index is 11.3. The second kappa shape index (κ2) is 11.0. The minimum atomic E-state index is -0.858. The molecule has 0 aliphatic rings. The summed E-state index contributed by atoms with van der Waals surface area (Å²) in [4.78, 5) is 22.2. The number of amides is 1. The van der Waals surface area contributed by atoms with E-state index < -0.39 is 12.0 Å². The molecule has 0 aromatic heterocycles. The van der Waals surface area contributed by atoms with Gasteiger partial charge < -0.3 is 20.5 Å². The molecule has 1 amide bonds. The van der Waals surface area contributed by atoms with Crippen LogP contribution in [0.3, 0.4) is 0 Å². The fourth-order valence-electron chi connectivity index (χ4n) is 1.46. The van der Waals surface area contributed by atoms with Crippen molar-refractivity contribution in [3.8, 4) is 0 Å². The molecule has 0 aromatic carbocycles. The van der Waals surface area contributed by atoms with Crippen LogP contribution < -0.4 is 10.6 Å². The van der Waals surface area contributed by atoms with Crippen LogP contribution in [0.15, 0.2) is 0 Å². The molecule has 0 rings (SSSR count). The van der Waals surface area contributed by atoms with Crippen LogP contribution in [-0.4, -0.2) is 49.8 Å². The number of ether oxygens (including phenoxy) is 1. The number of rotatable bonds is 11. The number of aliphatic carboxylic acids is 1. The molecule has 0 radical (unpaired) electrons. The first-order chi connectivity index (χ1) is 8.61. The third kappa shape index (κ3) is 8.95. The van der Waals surface area contributed by atoms with E-state index in [-0.39, 0.29) is 12.3 Å². The smallest absolute Gasteiger partial charge is 0.320 e. The van der Waals surface area contributed by atoms with Gasteiger partial charge in [-0.25, -0.2) is 0 Å². The van der Waals surface area contributed by atoms with E-state index in [1.54, 1.807) is 7.11 Å². The number of carboxylic acid groups (broad SMARTS) is 1. The van der Waals surface area contributed by atoms with Gasteiger partial charge in [-0.1, -0.05) is 19.8 Å². The van der Waals surface area contributed by atoms with Crippen molar-refractivity contribution in [2.45, 2.75) is 38.6 Å². The summed E-state index contributed by atoms with van der Waals surface area (Å²) in [5.41, 5.74) is 0. The number of hydrogen-bond acceptors (Lipinski definition) is 4. The lowest BCUT2D eigenvalue weighted by Gasteiger charge is -2.13. The van der Waals surface area contributed by atoms with Crippen LogP contribution in [0.1, 0.15) is 32.6 Å². The summed E-state index contributed by atoms with van der Waals surface area (Å²) >= 11 is 0. The number of hydrogen-bond donors (Lipinski definition) is 3. The van der Waals surface area contributed by atoms with E-state index >= 15 is 0 Å². The number of carbonyl (C=O) groups excluding carboxylic acids is 1. The normalized spacial score (nSPS) is 12.1. The molecule has 0 saturated heterocycles. The number of methoxy groups -OCH3 is 1. The van der Waals surface area contributed by atoms with Crippen LogP contribution in [0.2, 0.25) is 0 Å². The fourth-order valence-corrected chi connectivity index (χ4v) is 1.46. The predicted molar refractivity (Wildman–Crippen MR) is 68.5 cm³/mol. The molecule has 0 aromatic rings. The maximum atomic E-state index is 11.3. The molecule has 18 heavy (non-hydrogen) atoms. The number of unbranched alkanes of at least 4 members (excludes halogenated alkanes) is 1. The highest BCUT2D eigenvalue weighted by Crippen LogP contribution is 2.00. The Morgan fingerprint density at radius 1 is 1.33 bits per heavy atom. The van der Waals surface area contributed by atoms with Crippen molar-refractivity contribution < 1.29 is 19.4 Å². The first-order valence-electron chi connectivity index (χ1n) is 6.33. The Hall–Kier alpha value is -1.14. The Labute approximate surface area is 108 Å². The van der Waals surface area contributed by atoms with Gasteiger partial charge in [-0.15, -0.1) is 0 Å². The summed E-state index contributed by atoms with van der Waals surface area (Å²) in [6.07, 6.45) is 2.70. The molecule has 6 nitrogen and oxygen atoms in total. The molecular weight excluding hydrogens is 236 g/mol. The monoisotopic (exact) mass is 260 g/mol. The second-order valence-corrected chi connectivity index (χ2v) is 4.08. The van der Waals surface area contributed by atoms with Gasteiger partial charge in [0.25, 0.3) is 0 Å². The summed E-state index contributed by atoms with van der Waals surface area (Å²) in [5.74, 6) is -0.956. The Morgan fingerprint density at radius 3 is 2.61 bits per heavy atom. The van der Waals surface area contributed by atoms with Crippen molar-refractivity contribution in [1.29, 1.82) is 0 Å². The SMILES string of the molecule is CCCCC(NCCC(=O)NCCOC)C(=O)O. The lowest BCUT2D eigenvalue weighted by molar-refractivity contribution is -0.139. The Kier molecular flexibility index (Phi) is 10.3. The zero-order valence-electron chi connectivity index (χ0n) is 11.2. The van der Waals surface area contributed by atoms with E-state index in [1.165, 1.54) is 0 Å². The summed E-state index contributed by atoms with van der Waals surface area (Å²) in [6.45, 7) is 3.35. The average Bonchev–Trinajstić information content (AvgIpc) is 2.33. The van der Waals surface area contributed by atoms with Crippen molar-refractivity contribution in [3.05, 3.63) is 0 Å². The number of carboxylic acids is 1. The fraction of sp³-hybridized carbons (Fsp3) is 0.833. The maximum Gasteiger partial charge on any atom is 0.320 e. The minimum absolute atomic E-state index is 0.0980. The van der Waals surface area contributed by atoms with Crippen molar-refractivity contribution in [2.24, 2.45) is 0 Å². The van der Waals surface area contributed by atoms with E-state index in [9.17, 15) is 9.59 Å². The Balaban J connectivity index is 3.71. The third-order valence-corrected chi connectivity index (χ3v) is 2.52. The van der Waals surface area contributed by atoms with Crippen LogP contribution >= 0.6 is 0 Å². The zero-order chi connectivity index (χ0) is 13.8. The molecule has 0 aliphatic heterocycles. The average molecular weight is 260 g/mol. The predicted octanol–water partition coefficient (Wildman–Crippen LogP) is 0.372. The standard InChI is InChI=1S/C12H24N2O4/c1-3-4-5-10(12(16)17)13-7-6-11(15)14-8-9-18-2/h10,13H,3-9H2,1-2H3,(H,14,15)(H,16,17). The van der Waals surface area contributed by atoms with Crippen LogP contribution in [0.4, 0.5) is 0 Å². The quantitative estimate of drug-likeness (QED) is 0.467. The van der Waals surface area contributed by atoms with E-state index in [0.717, 1.165) is 12.8 Å². The highest BCUT2D eigenvalue weighted by molar-refractivity contribution is 5.76. The molecule has 0 saturated carbocycles. The van der Waals surface area contributed by atoms with Crippen molar-refractivity contribution >= 4 is 11.9 Å². The third-order valence-electron chi connectivity index (χ3n) is 2.52. The molecule has 3 N–H and O–H groups in total.